The minimum atomic E-state index is -0.157. The van der Waals surface area contributed by atoms with Gasteiger partial charge in [-0.3, -0.25) is 4.79 Å². The van der Waals surface area contributed by atoms with Crippen LogP contribution in [0.5, 0.6) is 5.75 Å². The standard InChI is InChI=1S/C22H19NO2/c24-22(23-20-9-5-2-6-10-20)16-13-18-11-14-21(15-12-18)25-17-19-7-3-1-4-8-19/h1-16H,17H2,(H,23,24). The molecule has 0 aliphatic rings. The van der Waals surface area contributed by atoms with Gasteiger partial charge in [0.25, 0.3) is 0 Å². The van der Waals surface area contributed by atoms with Gasteiger partial charge in [-0.2, -0.15) is 0 Å². The molecule has 0 spiro atoms. The first-order valence-electron chi connectivity index (χ1n) is 8.10. The van der Waals surface area contributed by atoms with Crippen LogP contribution < -0.4 is 10.1 Å². The molecule has 3 aromatic carbocycles. The Morgan fingerprint density at radius 3 is 2.16 bits per heavy atom. The second kappa shape index (κ2) is 8.50. The van der Waals surface area contributed by atoms with Gasteiger partial charge in [0.05, 0.1) is 0 Å². The molecule has 0 bridgehead atoms. The van der Waals surface area contributed by atoms with E-state index in [-0.39, 0.29) is 5.91 Å². The van der Waals surface area contributed by atoms with Crippen LogP contribution in [0.1, 0.15) is 11.1 Å². The van der Waals surface area contributed by atoms with Crippen molar-refractivity contribution in [3.05, 3.63) is 102 Å². The highest BCUT2D eigenvalue weighted by molar-refractivity contribution is 6.01. The molecule has 0 aliphatic heterocycles. The Morgan fingerprint density at radius 1 is 0.840 bits per heavy atom. The van der Waals surface area contributed by atoms with Gasteiger partial charge in [0.15, 0.2) is 0 Å². The molecule has 0 radical (unpaired) electrons. The fourth-order valence-corrected chi connectivity index (χ4v) is 2.29. The zero-order valence-corrected chi connectivity index (χ0v) is 13.8. The van der Waals surface area contributed by atoms with Crippen LogP contribution >= 0.6 is 0 Å². The van der Waals surface area contributed by atoms with Crippen molar-refractivity contribution in [1.82, 2.24) is 0 Å². The molecule has 0 saturated heterocycles. The van der Waals surface area contributed by atoms with Crippen LogP contribution in [-0.2, 0) is 11.4 Å². The van der Waals surface area contributed by atoms with Crippen molar-refractivity contribution in [2.24, 2.45) is 0 Å². The molecule has 3 nitrogen and oxygen atoms in total. The summed E-state index contributed by atoms with van der Waals surface area (Å²) in [6.07, 6.45) is 3.30. The number of carbonyl (C=O) groups is 1. The molecule has 3 aromatic rings. The zero-order chi connectivity index (χ0) is 17.3. The smallest absolute Gasteiger partial charge is 0.248 e. The summed E-state index contributed by atoms with van der Waals surface area (Å²) < 4.78 is 5.75. The summed E-state index contributed by atoms with van der Waals surface area (Å²) in [5, 5.41) is 2.81. The molecule has 3 rings (SSSR count). The van der Waals surface area contributed by atoms with Gasteiger partial charge in [-0.1, -0.05) is 60.7 Å². The van der Waals surface area contributed by atoms with Crippen molar-refractivity contribution in [2.75, 3.05) is 5.32 Å². The molecule has 0 unspecified atom stereocenters. The number of hydrogen-bond donors (Lipinski definition) is 1. The van der Waals surface area contributed by atoms with Crippen LogP contribution in [0.4, 0.5) is 5.69 Å². The third-order valence-electron chi connectivity index (χ3n) is 3.60. The monoisotopic (exact) mass is 329 g/mol. The van der Waals surface area contributed by atoms with Crippen LogP contribution in [0.25, 0.3) is 6.08 Å². The third-order valence-corrected chi connectivity index (χ3v) is 3.60. The molecule has 0 aliphatic carbocycles. The number of nitrogens with one attached hydrogen (secondary N) is 1. The Kier molecular flexibility index (Phi) is 5.62. The summed E-state index contributed by atoms with van der Waals surface area (Å²) in [6, 6.07) is 27.1. The molecule has 1 amide bonds. The Labute approximate surface area is 147 Å². The van der Waals surface area contributed by atoms with E-state index in [4.69, 9.17) is 4.74 Å². The summed E-state index contributed by atoms with van der Waals surface area (Å²) in [7, 11) is 0. The normalized spacial score (nSPS) is 10.6. The van der Waals surface area contributed by atoms with E-state index in [2.05, 4.69) is 5.32 Å². The van der Waals surface area contributed by atoms with Gasteiger partial charge in [0.1, 0.15) is 12.4 Å². The van der Waals surface area contributed by atoms with Crippen LogP contribution in [0.2, 0.25) is 0 Å². The Hall–Kier alpha value is -3.33. The van der Waals surface area contributed by atoms with Gasteiger partial charge in [-0.15, -0.1) is 0 Å². The van der Waals surface area contributed by atoms with Crippen LogP contribution in [0, 0.1) is 0 Å². The first-order valence-corrected chi connectivity index (χ1v) is 8.10. The molecule has 0 fully saturated rings. The quantitative estimate of drug-likeness (QED) is 0.652. The predicted octanol–water partition coefficient (Wildman–Crippen LogP) is 4.92. The SMILES string of the molecule is O=C(C=Cc1ccc(OCc2ccccc2)cc1)Nc1ccccc1. The number of amides is 1. The molecule has 124 valence electrons. The molecule has 0 heterocycles. The average molecular weight is 329 g/mol. The summed E-state index contributed by atoms with van der Waals surface area (Å²) in [5.74, 6) is 0.644. The van der Waals surface area contributed by atoms with Gasteiger partial charge in [-0.25, -0.2) is 0 Å². The number of benzene rings is 3. The van der Waals surface area contributed by atoms with Crippen molar-refractivity contribution < 1.29 is 9.53 Å². The minimum Gasteiger partial charge on any atom is -0.489 e. The van der Waals surface area contributed by atoms with Crippen molar-refractivity contribution in [1.29, 1.82) is 0 Å². The lowest BCUT2D eigenvalue weighted by molar-refractivity contribution is -0.111. The third kappa shape index (κ3) is 5.36. The highest BCUT2D eigenvalue weighted by Gasteiger charge is 1.98. The molecule has 0 saturated carbocycles. The fourth-order valence-electron chi connectivity index (χ4n) is 2.29. The highest BCUT2D eigenvalue weighted by atomic mass is 16.5. The van der Waals surface area contributed by atoms with E-state index < -0.39 is 0 Å². The molecular formula is C22H19NO2. The van der Waals surface area contributed by atoms with Crippen molar-refractivity contribution in [3.63, 3.8) is 0 Å². The second-order valence-electron chi connectivity index (χ2n) is 5.53. The van der Waals surface area contributed by atoms with Crippen molar-refractivity contribution in [3.8, 4) is 5.75 Å². The molecular weight excluding hydrogens is 310 g/mol. The maximum Gasteiger partial charge on any atom is 0.248 e. The van der Waals surface area contributed by atoms with Crippen molar-refractivity contribution >= 4 is 17.7 Å². The van der Waals surface area contributed by atoms with Gasteiger partial charge in [0.2, 0.25) is 5.91 Å². The lowest BCUT2D eigenvalue weighted by Gasteiger charge is -2.06. The lowest BCUT2D eigenvalue weighted by atomic mass is 10.2. The first kappa shape index (κ1) is 16.5. The zero-order valence-electron chi connectivity index (χ0n) is 13.8. The molecule has 3 heteroatoms. The van der Waals surface area contributed by atoms with Crippen molar-refractivity contribution in [2.45, 2.75) is 6.61 Å². The van der Waals surface area contributed by atoms with E-state index in [1.54, 1.807) is 6.08 Å². The molecule has 25 heavy (non-hydrogen) atoms. The van der Waals surface area contributed by atoms with E-state index in [0.29, 0.717) is 6.61 Å². The number of carbonyl (C=O) groups excluding carboxylic acids is 1. The number of para-hydroxylation sites is 1. The summed E-state index contributed by atoms with van der Waals surface area (Å²) in [4.78, 5) is 11.9. The van der Waals surface area contributed by atoms with E-state index in [0.717, 1.165) is 22.6 Å². The van der Waals surface area contributed by atoms with Gasteiger partial charge < -0.3 is 10.1 Å². The first-order chi connectivity index (χ1) is 12.3. The topological polar surface area (TPSA) is 38.3 Å². The number of rotatable bonds is 6. The highest BCUT2D eigenvalue weighted by Crippen LogP contribution is 2.15. The summed E-state index contributed by atoms with van der Waals surface area (Å²) in [5.41, 5.74) is 2.85. The van der Waals surface area contributed by atoms with Gasteiger partial charge in [-0.05, 0) is 41.5 Å². The minimum absolute atomic E-state index is 0.157. The van der Waals surface area contributed by atoms with Crippen LogP contribution in [-0.4, -0.2) is 5.91 Å². The number of ether oxygens (including phenoxy) is 1. The van der Waals surface area contributed by atoms with Crippen LogP contribution in [0.15, 0.2) is 91.0 Å². The lowest BCUT2D eigenvalue weighted by Crippen LogP contribution is -2.07. The summed E-state index contributed by atoms with van der Waals surface area (Å²) >= 11 is 0. The molecule has 0 atom stereocenters. The largest absolute Gasteiger partial charge is 0.489 e. The van der Waals surface area contributed by atoms with Gasteiger partial charge in [0, 0.05) is 11.8 Å². The number of anilines is 1. The van der Waals surface area contributed by atoms with Crippen LogP contribution in [0.3, 0.4) is 0 Å². The predicted molar refractivity (Wildman–Crippen MR) is 101 cm³/mol. The summed E-state index contributed by atoms with van der Waals surface area (Å²) in [6.45, 7) is 0.537. The maximum atomic E-state index is 11.9. The number of hydrogen-bond acceptors (Lipinski definition) is 2. The molecule has 0 aromatic heterocycles. The van der Waals surface area contributed by atoms with Gasteiger partial charge >= 0.3 is 0 Å². The van der Waals surface area contributed by atoms with E-state index in [1.165, 1.54) is 6.08 Å². The Morgan fingerprint density at radius 2 is 1.48 bits per heavy atom. The van der Waals surface area contributed by atoms with E-state index in [9.17, 15) is 4.79 Å². The molecule has 1 N–H and O–H groups in total. The maximum absolute atomic E-state index is 11.9. The fraction of sp³-hybridized carbons (Fsp3) is 0.0455. The Balaban J connectivity index is 1.52. The Bertz CT molecular complexity index is 825. The van der Waals surface area contributed by atoms with E-state index in [1.807, 2.05) is 84.9 Å². The second-order valence-corrected chi connectivity index (χ2v) is 5.53. The average Bonchev–Trinajstić information content (AvgIpc) is 2.67. The van der Waals surface area contributed by atoms with E-state index >= 15 is 0 Å².